The maximum absolute atomic E-state index is 13.8. The molecule has 2 saturated heterocycles. The molecule has 0 spiro atoms. The number of likely N-dealkylation sites (tertiary alicyclic amines) is 1. The van der Waals surface area contributed by atoms with Crippen molar-refractivity contribution < 1.29 is 23.8 Å². The van der Waals surface area contributed by atoms with Crippen molar-refractivity contribution in [2.75, 3.05) is 34.4 Å². The van der Waals surface area contributed by atoms with Crippen molar-refractivity contribution >= 4 is 11.7 Å². The molecule has 2 aromatic carbocycles. The number of ether oxygens (including phenoxy) is 3. The van der Waals surface area contributed by atoms with Crippen LogP contribution in [0.2, 0.25) is 0 Å². The van der Waals surface area contributed by atoms with Crippen LogP contribution in [0.5, 0.6) is 17.2 Å². The van der Waals surface area contributed by atoms with E-state index in [4.69, 9.17) is 14.2 Å². The Morgan fingerprint density at radius 1 is 1.13 bits per heavy atom. The smallest absolute Gasteiger partial charge is 0.234 e. The van der Waals surface area contributed by atoms with Gasteiger partial charge in [0.25, 0.3) is 0 Å². The van der Waals surface area contributed by atoms with E-state index in [9.17, 15) is 9.59 Å². The zero-order valence-electron chi connectivity index (χ0n) is 17.9. The van der Waals surface area contributed by atoms with Crippen molar-refractivity contribution in [3.63, 3.8) is 0 Å². The second-order valence-corrected chi connectivity index (χ2v) is 8.55. The Morgan fingerprint density at radius 2 is 1.87 bits per heavy atom. The minimum absolute atomic E-state index is 0.0628. The molecule has 0 aliphatic carbocycles. The molecule has 0 radical (unpaired) electrons. The van der Waals surface area contributed by atoms with Gasteiger partial charge >= 0.3 is 0 Å². The summed E-state index contributed by atoms with van der Waals surface area (Å²) >= 11 is 0. The highest BCUT2D eigenvalue weighted by atomic mass is 16.5. The number of hydrogen-bond acceptors (Lipinski definition) is 6. The molecular weight excluding hydrogens is 396 g/mol. The Kier molecular flexibility index (Phi) is 4.66. The standard InChI is InChI=1S/C24H26N2O5/c1-26-12-11-24-16(13-26)19(15-8-6-10-18(30-3)22(15)31-24)20(23(28)25-24)21(27)14-7-4-5-9-17(14)29-2/h4-10,16,19-20H,11-13H2,1-3H3,(H,25,28). The number of carbonyl (C=O) groups is 2. The molecule has 2 aromatic rings. The van der Waals surface area contributed by atoms with Crippen LogP contribution >= 0.6 is 0 Å². The zero-order valence-corrected chi connectivity index (χ0v) is 17.9. The number of ketones is 1. The van der Waals surface area contributed by atoms with Gasteiger partial charge in [-0.25, -0.2) is 0 Å². The number of piperidine rings is 2. The molecule has 162 valence electrons. The molecule has 1 amide bonds. The highest BCUT2D eigenvalue weighted by molar-refractivity contribution is 6.13. The van der Waals surface area contributed by atoms with Gasteiger partial charge in [0, 0.05) is 36.9 Å². The van der Waals surface area contributed by atoms with E-state index in [0.717, 1.165) is 18.7 Å². The number of methoxy groups -OCH3 is 2. The maximum atomic E-state index is 13.8. The molecular formula is C24H26N2O5. The summed E-state index contributed by atoms with van der Waals surface area (Å²) in [6.45, 7) is 1.51. The SMILES string of the molecule is COc1ccccc1C(=O)C1C(=O)NC23CCN(C)CC2C1c1cccc(OC)c1O3. The molecule has 0 aromatic heterocycles. The van der Waals surface area contributed by atoms with E-state index in [1.165, 1.54) is 7.11 Å². The van der Waals surface area contributed by atoms with Crippen LogP contribution in [0.15, 0.2) is 42.5 Å². The molecule has 0 saturated carbocycles. The van der Waals surface area contributed by atoms with Crippen molar-refractivity contribution in [1.82, 2.24) is 10.2 Å². The topological polar surface area (TPSA) is 77.1 Å². The van der Waals surface area contributed by atoms with Crippen LogP contribution in [-0.4, -0.2) is 56.7 Å². The van der Waals surface area contributed by atoms with Gasteiger partial charge in [0.2, 0.25) is 5.91 Å². The van der Waals surface area contributed by atoms with Gasteiger partial charge in [-0.15, -0.1) is 0 Å². The molecule has 4 unspecified atom stereocenters. The van der Waals surface area contributed by atoms with Crippen LogP contribution in [0.4, 0.5) is 0 Å². The number of Topliss-reactive ketones (excluding diaryl/α,β-unsaturated/α-hetero) is 1. The second kappa shape index (κ2) is 7.27. The first-order valence-electron chi connectivity index (χ1n) is 10.5. The summed E-state index contributed by atoms with van der Waals surface area (Å²) in [5.74, 6) is -0.105. The van der Waals surface area contributed by atoms with Crippen molar-refractivity contribution in [1.29, 1.82) is 0 Å². The molecule has 7 heteroatoms. The third-order valence-electron chi connectivity index (χ3n) is 6.91. The van der Waals surface area contributed by atoms with Crippen molar-refractivity contribution in [2.45, 2.75) is 18.1 Å². The van der Waals surface area contributed by atoms with E-state index in [1.54, 1.807) is 25.3 Å². The van der Waals surface area contributed by atoms with Gasteiger partial charge in [-0.2, -0.15) is 0 Å². The molecule has 2 bridgehead atoms. The Morgan fingerprint density at radius 3 is 2.65 bits per heavy atom. The molecule has 3 aliphatic heterocycles. The Balaban J connectivity index is 1.68. The predicted octanol–water partition coefficient (Wildman–Crippen LogP) is 2.46. The molecule has 4 atom stereocenters. The summed E-state index contributed by atoms with van der Waals surface area (Å²) in [6.07, 6.45) is 0.642. The van der Waals surface area contributed by atoms with Gasteiger partial charge in [0.1, 0.15) is 11.7 Å². The number of benzene rings is 2. The largest absolute Gasteiger partial charge is 0.496 e. The number of hydrogen-bond donors (Lipinski definition) is 1. The molecule has 5 rings (SSSR count). The van der Waals surface area contributed by atoms with Crippen LogP contribution in [-0.2, 0) is 4.79 Å². The Labute approximate surface area is 181 Å². The molecule has 3 heterocycles. The van der Waals surface area contributed by atoms with Gasteiger partial charge in [-0.3, -0.25) is 9.59 Å². The monoisotopic (exact) mass is 422 g/mol. The summed E-state index contributed by atoms with van der Waals surface area (Å²) in [7, 11) is 5.19. The first kappa shape index (κ1) is 19.9. The number of fused-ring (bicyclic) bond motifs is 2. The Bertz CT molecular complexity index is 1050. The second-order valence-electron chi connectivity index (χ2n) is 8.55. The first-order chi connectivity index (χ1) is 15.0. The number of nitrogens with one attached hydrogen (secondary N) is 1. The predicted molar refractivity (Wildman–Crippen MR) is 114 cm³/mol. The van der Waals surface area contributed by atoms with Gasteiger partial charge in [0.05, 0.1) is 19.8 Å². The normalized spacial score (nSPS) is 29.1. The zero-order chi connectivity index (χ0) is 21.8. The van der Waals surface area contributed by atoms with Crippen LogP contribution < -0.4 is 19.5 Å². The van der Waals surface area contributed by atoms with Gasteiger partial charge < -0.3 is 24.4 Å². The van der Waals surface area contributed by atoms with E-state index < -0.39 is 11.6 Å². The third kappa shape index (κ3) is 2.91. The molecule has 1 N–H and O–H groups in total. The molecule has 3 aliphatic rings. The van der Waals surface area contributed by atoms with E-state index in [2.05, 4.69) is 17.3 Å². The lowest BCUT2D eigenvalue weighted by Crippen LogP contribution is -2.72. The number of rotatable bonds is 4. The Hall–Kier alpha value is -3.06. The minimum Gasteiger partial charge on any atom is -0.496 e. The highest BCUT2D eigenvalue weighted by Gasteiger charge is 2.62. The lowest BCUT2D eigenvalue weighted by Gasteiger charge is -2.57. The fourth-order valence-corrected chi connectivity index (χ4v) is 5.45. The maximum Gasteiger partial charge on any atom is 0.234 e. The number of amides is 1. The fourth-order valence-electron chi connectivity index (χ4n) is 5.45. The average Bonchev–Trinajstić information content (AvgIpc) is 2.78. The van der Waals surface area contributed by atoms with Crippen molar-refractivity contribution in [3.8, 4) is 17.2 Å². The number of carbonyl (C=O) groups excluding carboxylic acids is 2. The first-order valence-corrected chi connectivity index (χ1v) is 10.5. The van der Waals surface area contributed by atoms with Gasteiger partial charge in [-0.1, -0.05) is 24.3 Å². The highest BCUT2D eigenvalue weighted by Crippen LogP contribution is 2.56. The third-order valence-corrected chi connectivity index (χ3v) is 6.91. The van der Waals surface area contributed by atoms with Crippen LogP contribution in [0, 0.1) is 11.8 Å². The van der Waals surface area contributed by atoms with Crippen molar-refractivity contribution in [2.24, 2.45) is 11.8 Å². The number of para-hydroxylation sites is 2. The summed E-state index contributed by atoms with van der Waals surface area (Å²) in [5, 5.41) is 3.11. The van der Waals surface area contributed by atoms with E-state index in [0.29, 0.717) is 29.2 Å². The van der Waals surface area contributed by atoms with Crippen LogP contribution in [0.3, 0.4) is 0 Å². The molecule has 31 heavy (non-hydrogen) atoms. The lowest BCUT2D eigenvalue weighted by molar-refractivity contribution is -0.158. The summed E-state index contributed by atoms with van der Waals surface area (Å²) in [6, 6.07) is 12.7. The summed E-state index contributed by atoms with van der Waals surface area (Å²) in [5.41, 5.74) is 0.420. The average molecular weight is 422 g/mol. The lowest BCUT2D eigenvalue weighted by atomic mass is 9.63. The van der Waals surface area contributed by atoms with Crippen LogP contribution in [0.25, 0.3) is 0 Å². The van der Waals surface area contributed by atoms with Gasteiger partial charge in [0.15, 0.2) is 23.0 Å². The van der Waals surface area contributed by atoms with E-state index >= 15 is 0 Å². The number of nitrogens with zero attached hydrogens (tertiary/aromatic N) is 1. The van der Waals surface area contributed by atoms with E-state index in [1.807, 2.05) is 24.3 Å². The van der Waals surface area contributed by atoms with Crippen molar-refractivity contribution in [3.05, 3.63) is 53.6 Å². The van der Waals surface area contributed by atoms with Gasteiger partial charge in [-0.05, 0) is 25.2 Å². The van der Waals surface area contributed by atoms with E-state index in [-0.39, 0.29) is 23.5 Å². The summed E-state index contributed by atoms with van der Waals surface area (Å²) in [4.78, 5) is 29.4. The summed E-state index contributed by atoms with van der Waals surface area (Å²) < 4.78 is 17.5. The fraction of sp³-hybridized carbons (Fsp3) is 0.417. The molecule has 7 nitrogen and oxygen atoms in total. The molecule has 2 fully saturated rings. The van der Waals surface area contributed by atoms with Crippen LogP contribution in [0.1, 0.15) is 28.3 Å². The minimum atomic E-state index is -0.879. The quantitative estimate of drug-likeness (QED) is 0.603.